The average molecular weight is 437 g/mol. The molecule has 134 valence electrons. The van der Waals surface area contributed by atoms with Gasteiger partial charge in [0.2, 0.25) is 17.7 Å². The summed E-state index contributed by atoms with van der Waals surface area (Å²) in [5, 5.41) is 2.11. The van der Waals surface area contributed by atoms with Crippen LogP contribution >= 0.6 is 27.7 Å². The molecule has 1 fully saturated rings. The van der Waals surface area contributed by atoms with E-state index in [1.807, 2.05) is 12.1 Å². The molecule has 0 bridgehead atoms. The van der Waals surface area contributed by atoms with Crippen molar-refractivity contribution in [3.63, 3.8) is 0 Å². The van der Waals surface area contributed by atoms with Crippen molar-refractivity contribution in [1.82, 2.24) is 0 Å². The lowest BCUT2D eigenvalue weighted by Crippen LogP contribution is -2.31. The van der Waals surface area contributed by atoms with E-state index in [1.165, 1.54) is 24.3 Å². The van der Waals surface area contributed by atoms with E-state index < -0.39 is 11.1 Å². The van der Waals surface area contributed by atoms with E-state index in [9.17, 15) is 18.8 Å². The third-order valence-electron chi connectivity index (χ3n) is 3.73. The summed E-state index contributed by atoms with van der Waals surface area (Å²) in [7, 11) is 0. The fraction of sp³-hybridized carbons (Fsp3) is 0.167. The molecule has 0 saturated carbocycles. The molecule has 5 nitrogen and oxygen atoms in total. The third-order valence-corrected chi connectivity index (χ3v) is 5.46. The van der Waals surface area contributed by atoms with E-state index in [-0.39, 0.29) is 29.9 Å². The second kappa shape index (κ2) is 8.01. The van der Waals surface area contributed by atoms with Crippen LogP contribution in [-0.4, -0.2) is 28.7 Å². The van der Waals surface area contributed by atoms with Gasteiger partial charge in [-0.2, -0.15) is 0 Å². The van der Waals surface area contributed by atoms with Gasteiger partial charge < -0.3 is 5.32 Å². The normalized spacial score (nSPS) is 16.8. The molecule has 0 radical (unpaired) electrons. The standard InChI is InChI=1S/C18H14BrFN2O3S/c19-11-1-5-13(6-2-11)21-16(23)10-26-15-9-17(24)22(18(15)25)14-7-3-12(20)4-8-14/h1-8,15H,9-10H2,(H,21,23)/t15-/m1/s1. The highest BCUT2D eigenvalue weighted by Gasteiger charge is 2.40. The van der Waals surface area contributed by atoms with Crippen molar-refractivity contribution in [2.75, 3.05) is 16.0 Å². The highest BCUT2D eigenvalue weighted by atomic mass is 79.9. The van der Waals surface area contributed by atoms with E-state index in [2.05, 4.69) is 21.2 Å². The topological polar surface area (TPSA) is 66.5 Å². The number of benzene rings is 2. The Morgan fingerprint density at radius 2 is 1.81 bits per heavy atom. The molecule has 1 saturated heterocycles. The van der Waals surface area contributed by atoms with Crippen molar-refractivity contribution >= 4 is 56.8 Å². The Balaban J connectivity index is 1.57. The molecule has 2 aromatic rings. The molecule has 0 spiro atoms. The minimum absolute atomic E-state index is 0.0203. The Morgan fingerprint density at radius 3 is 2.46 bits per heavy atom. The molecular weight excluding hydrogens is 423 g/mol. The number of hydrogen-bond acceptors (Lipinski definition) is 4. The van der Waals surface area contributed by atoms with Crippen LogP contribution in [0.4, 0.5) is 15.8 Å². The van der Waals surface area contributed by atoms with Crippen molar-refractivity contribution in [3.05, 3.63) is 58.8 Å². The summed E-state index contributed by atoms with van der Waals surface area (Å²) in [5.74, 6) is -1.38. The van der Waals surface area contributed by atoms with Crippen molar-refractivity contribution in [2.45, 2.75) is 11.7 Å². The number of imide groups is 1. The summed E-state index contributed by atoms with van der Waals surface area (Å²) in [6.07, 6.45) is 0.0203. The number of nitrogens with one attached hydrogen (secondary N) is 1. The van der Waals surface area contributed by atoms with Crippen LogP contribution in [0.1, 0.15) is 6.42 Å². The van der Waals surface area contributed by atoms with Gasteiger partial charge in [0.15, 0.2) is 0 Å². The number of carbonyl (C=O) groups is 3. The Kier molecular flexibility index (Phi) is 5.73. The number of anilines is 2. The highest BCUT2D eigenvalue weighted by molar-refractivity contribution is 9.10. The maximum Gasteiger partial charge on any atom is 0.247 e. The second-order valence-corrected chi connectivity index (χ2v) is 7.71. The van der Waals surface area contributed by atoms with Gasteiger partial charge in [0.1, 0.15) is 5.82 Å². The number of hydrogen-bond donors (Lipinski definition) is 1. The lowest BCUT2D eigenvalue weighted by molar-refractivity contribution is -0.121. The predicted octanol–water partition coefficient (Wildman–Crippen LogP) is 3.59. The van der Waals surface area contributed by atoms with Gasteiger partial charge in [0, 0.05) is 16.6 Å². The van der Waals surface area contributed by atoms with Crippen molar-refractivity contribution in [1.29, 1.82) is 0 Å². The summed E-state index contributed by atoms with van der Waals surface area (Å²) in [4.78, 5) is 37.7. The Bertz CT molecular complexity index is 843. The zero-order valence-electron chi connectivity index (χ0n) is 13.4. The number of thioether (sulfide) groups is 1. The molecule has 2 aromatic carbocycles. The molecule has 1 aliphatic rings. The average Bonchev–Trinajstić information content (AvgIpc) is 2.90. The smallest absolute Gasteiger partial charge is 0.247 e. The van der Waals surface area contributed by atoms with Crippen molar-refractivity contribution in [2.24, 2.45) is 0 Å². The molecule has 3 rings (SSSR count). The molecule has 1 heterocycles. The fourth-order valence-corrected chi connectivity index (χ4v) is 3.70. The van der Waals surface area contributed by atoms with Crippen LogP contribution in [0.2, 0.25) is 0 Å². The van der Waals surface area contributed by atoms with Crippen LogP contribution in [0.25, 0.3) is 0 Å². The minimum Gasteiger partial charge on any atom is -0.325 e. The second-order valence-electron chi connectivity index (χ2n) is 5.60. The number of amides is 3. The quantitative estimate of drug-likeness (QED) is 0.727. The van der Waals surface area contributed by atoms with E-state index in [0.717, 1.165) is 21.1 Å². The predicted molar refractivity (Wildman–Crippen MR) is 103 cm³/mol. The highest BCUT2D eigenvalue weighted by Crippen LogP contribution is 2.29. The maximum atomic E-state index is 13.0. The van der Waals surface area contributed by atoms with Gasteiger partial charge in [0.25, 0.3) is 0 Å². The van der Waals surface area contributed by atoms with Crippen molar-refractivity contribution < 1.29 is 18.8 Å². The van der Waals surface area contributed by atoms with Crippen LogP contribution in [0.5, 0.6) is 0 Å². The number of rotatable bonds is 5. The monoisotopic (exact) mass is 436 g/mol. The number of nitrogens with zero attached hydrogens (tertiary/aromatic N) is 1. The molecular formula is C18H14BrFN2O3S. The van der Waals surface area contributed by atoms with E-state index in [0.29, 0.717) is 11.4 Å². The van der Waals surface area contributed by atoms with Gasteiger partial charge in [-0.05, 0) is 48.5 Å². The number of carbonyl (C=O) groups excluding carboxylic acids is 3. The molecule has 1 atom stereocenters. The lowest BCUT2D eigenvalue weighted by atomic mass is 10.3. The van der Waals surface area contributed by atoms with Crippen LogP contribution in [0, 0.1) is 5.82 Å². The first-order valence-electron chi connectivity index (χ1n) is 7.73. The first-order valence-corrected chi connectivity index (χ1v) is 9.57. The lowest BCUT2D eigenvalue weighted by Gasteiger charge is -2.14. The Morgan fingerprint density at radius 1 is 1.15 bits per heavy atom. The first kappa shape index (κ1) is 18.6. The van der Waals surface area contributed by atoms with E-state index in [4.69, 9.17) is 0 Å². The van der Waals surface area contributed by atoms with Gasteiger partial charge >= 0.3 is 0 Å². The fourth-order valence-electron chi connectivity index (χ4n) is 2.50. The third kappa shape index (κ3) is 4.31. The first-order chi connectivity index (χ1) is 12.4. The molecule has 3 amide bonds. The van der Waals surface area contributed by atoms with Gasteiger partial charge in [-0.25, -0.2) is 9.29 Å². The Labute approximate surface area is 162 Å². The van der Waals surface area contributed by atoms with Crippen molar-refractivity contribution in [3.8, 4) is 0 Å². The van der Waals surface area contributed by atoms with Gasteiger partial charge in [-0.3, -0.25) is 14.4 Å². The summed E-state index contributed by atoms with van der Waals surface area (Å²) in [6.45, 7) is 0. The SMILES string of the molecule is O=C(CS[C@@H]1CC(=O)N(c2ccc(F)cc2)C1=O)Nc1ccc(Br)cc1. The minimum atomic E-state index is -0.622. The largest absolute Gasteiger partial charge is 0.325 e. The summed E-state index contributed by atoms with van der Waals surface area (Å²) in [6, 6.07) is 12.3. The van der Waals surface area contributed by atoms with Gasteiger partial charge in [0.05, 0.1) is 16.7 Å². The Hall–Kier alpha value is -2.19. The van der Waals surface area contributed by atoms with E-state index in [1.54, 1.807) is 12.1 Å². The summed E-state index contributed by atoms with van der Waals surface area (Å²) in [5.41, 5.74) is 0.990. The van der Waals surface area contributed by atoms with E-state index >= 15 is 0 Å². The zero-order valence-corrected chi connectivity index (χ0v) is 15.8. The maximum absolute atomic E-state index is 13.0. The molecule has 1 N–H and O–H groups in total. The molecule has 1 aliphatic heterocycles. The molecule has 26 heavy (non-hydrogen) atoms. The molecule has 0 aromatic heterocycles. The molecule has 0 unspecified atom stereocenters. The molecule has 0 aliphatic carbocycles. The zero-order chi connectivity index (χ0) is 18.7. The number of halogens is 2. The van der Waals surface area contributed by atoms with Gasteiger partial charge in [-0.15, -0.1) is 11.8 Å². The van der Waals surface area contributed by atoms with Gasteiger partial charge in [-0.1, -0.05) is 15.9 Å². The van der Waals surface area contributed by atoms with Crippen LogP contribution in [0.3, 0.4) is 0 Å². The summed E-state index contributed by atoms with van der Waals surface area (Å²) < 4.78 is 13.9. The molecule has 8 heteroatoms. The summed E-state index contributed by atoms with van der Waals surface area (Å²) >= 11 is 4.44. The van der Waals surface area contributed by atoms with Crippen LogP contribution in [0.15, 0.2) is 53.0 Å². The van der Waals surface area contributed by atoms with Crippen LogP contribution < -0.4 is 10.2 Å². The van der Waals surface area contributed by atoms with Crippen LogP contribution in [-0.2, 0) is 14.4 Å².